The van der Waals surface area contributed by atoms with E-state index in [1.54, 1.807) is 0 Å². The minimum absolute atomic E-state index is 0.0813. The lowest BCUT2D eigenvalue weighted by molar-refractivity contribution is -0.139. The molecule has 0 spiro atoms. The summed E-state index contributed by atoms with van der Waals surface area (Å²) in [6, 6.07) is 0. The Hall–Kier alpha value is -0.433. The van der Waals surface area contributed by atoms with Crippen LogP contribution in [0.25, 0.3) is 0 Å². The van der Waals surface area contributed by atoms with Crippen LogP contribution in [0.15, 0.2) is 0 Å². The maximum absolute atomic E-state index is 11.2. The fourth-order valence-electron chi connectivity index (χ4n) is 4.15. The molecule has 6 heteroatoms. The molecule has 0 aromatic rings. The minimum Gasteiger partial charge on any atom is -0.481 e. The number of aliphatic hydroxyl groups is 2. The van der Waals surface area contributed by atoms with Crippen LogP contribution >= 0.6 is 0 Å². The van der Waals surface area contributed by atoms with Crippen molar-refractivity contribution in [1.82, 2.24) is 0 Å². The number of hydrogen-bond donors (Lipinski definition) is 3. The molecule has 1 rings (SSSR count). The molecule has 0 amide bonds. The van der Waals surface area contributed by atoms with E-state index in [9.17, 15) is 20.1 Å². The first-order valence-corrected chi connectivity index (χ1v) is 14.0. The van der Waals surface area contributed by atoms with Crippen molar-refractivity contribution in [2.75, 3.05) is 0 Å². The Morgan fingerprint density at radius 2 is 1.71 bits per heavy atom. The van der Waals surface area contributed by atoms with Crippen LogP contribution in [0, 0.1) is 17.8 Å². The van der Waals surface area contributed by atoms with Gasteiger partial charge in [0.05, 0.1) is 18.6 Å². The van der Waals surface area contributed by atoms with E-state index in [-0.39, 0.29) is 35.8 Å². The number of carboxylic acids is 1. The van der Waals surface area contributed by atoms with Crippen molar-refractivity contribution in [2.24, 2.45) is 17.8 Å². The van der Waals surface area contributed by atoms with E-state index in [2.05, 4.69) is 47.7 Å². The number of aliphatic carboxylic acids is 1. The zero-order valence-electron chi connectivity index (χ0n) is 19.1. The molecule has 0 bridgehead atoms. The molecule has 0 radical (unpaired) electrons. The molecule has 2 unspecified atom stereocenters. The number of aliphatic hydroxyl groups excluding tert-OH is 2. The van der Waals surface area contributed by atoms with E-state index in [0.29, 0.717) is 12.3 Å². The molecular weight excluding hydrogens is 372 g/mol. The predicted octanol–water partition coefficient (Wildman–Crippen LogP) is 4.82. The highest BCUT2D eigenvalue weighted by Gasteiger charge is 2.44. The number of unbranched alkanes of at least 4 members (excludes halogenated alkanes) is 1. The third kappa shape index (κ3) is 7.12. The molecule has 0 aromatic heterocycles. The molecule has 6 atom stereocenters. The summed E-state index contributed by atoms with van der Waals surface area (Å²) in [4.78, 5) is 11.2. The van der Waals surface area contributed by atoms with Crippen molar-refractivity contribution < 1.29 is 24.5 Å². The predicted molar refractivity (Wildman–Crippen MR) is 116 cm³/mol. The first-order chi connectivity index (χ1) is 12.8. The van der Waals surface area contributed by atoms with E-state index in [1.165, 1.54) is 6.42 Å². The average molecular weight is 417 g/mol. The summed E-state index contributed by atoms with van der Waals surface area (Å²) in [5, 5.41) is 29.9. The third-order valence-electron chi connectivity index (χ3n) is 7.12. The molecule has 0 heterocycles. The smallest absolute Gasteiger partial charge is 0.303 e. The number of hydrogen-bond acceptors (Lipinski definition) is 4. The second-order valence-electron chi connectivity index (χ2n) is 10.4. The molecule has 1 saturated carbocycles. The summed E-state index contributed by atoms with van der Waals surface area (Å²) in [6.07, 6.45) is 3.91. The topological polar surface area (TPSA) is 87.0 Å². The van der Waals surface area contributed by atoms with Gasteiger partial charge in [0.1, 0.15) is 0 Å². The first kappa shape index (κ1) is 25.6. The maximum atomic E-state index is 11.2. The van der Waals surface area contributed by atoms with Crippen LogP contribution in [0.3, 0.4) is 0 Å². The SMILES string of the molecule is CCCCC(C)C(CC[C@@H]1[C@@H](CC(=O)O)[C@@H](O)C[C@H]1O)O[Si](C)(C)C(C)(C)C. The summed E-state index contributed by atoms with van der Waals surface area (Å²) < 4.78 is 6.78. The molecular formula is C22H44O5Si. The maximum Gasteiger partial charge on any atom is 0.303 e. The Bertz CT molecular complexity index is 488. The highest BCUT2D eigenvalue weighted by Crippen LogP contribution is 2.42. The van der Waals surface area contributed by atoms with Gasteiger partial charge in [0, 0.05) is 12.0 Å². The summed E-state index contributed by atoms with van der Waals surface area (Å²) in [7, 11) is -1.93. The van der Waals surface area contributed by atoms with Gasteiger partial charge < -0.3 is 19.7 Å². The molecule has 166 valence electrons. The fourth-order valence-corrected chi connectivity index (χ4v) is 5.61. The molecule has 3 N–H and O–H groups in total. The molecule has 0 aromatic carbocycles. The quantitative estimate of drug-likeness (QED) is 0.421. The van der Waals surface area contributed by atoms with Gasteiger partial charge in [0.25, 0.3) is 0 Å². The van der Waals surface area contributed by atoms with Gasteiger partial charge in [0.15, 0.2) is 8.32 Å². The second kappa shape index (κ2) is 10.6. The van der Waals surface area contributed by atoms with Crippen LogP contribution in [0.1, 0.15) is 79.6 Å². The summed E-state index contributed by atoms with van der Waals surface area (Å²) in [5.41, 5.74) is 0. The van der Waals surface area contributed by atoms with E-state index < -0.39 is 26.5 Å². The Labute approximate surface area is 173 Å². The van der Waals surface area contributed by atoms with E-state index in [4.69, 9.17) is 4.43 Å². The zero-order valence-corrected chi connectivity index (χ0v) is 20.1. The zero-order chi connectivity index (χ0) is 21.7. The fraction of sp³-hybridized carbons (Fsp3) is 0.955. The first-order valence-electron chi connectivity index (χ1n) is 11.1. The Morgan fingerprint density at radius 1 is 1.14 bits per heavy atom. The van der Waals surface area contributed by atoms with Gasteiger partial charge in [0.2, 0.25) is 0 Å². The summed E-state index contributed by atoms with van der Waals surface area (Å²) in [6.45, 7) is 15.7. The van der Waals surface area contributed by atoms with Gasteiger partial charge in [-0.25, -0.2) is 0 Å². The monoisotopic (exact) mass is 416 g/mol. The van der Waals surface area contributed by atoms with Crippen LogP contribution in [0.5, 0.6) is 0 Å². The van der Waals surface area contributed by atoms with Crippen molar-refractivity contribution in [3.63, 3.8) is 0 Å². The van der Waals surface area contributed by atoms with E-state index >= 15 is 0 Å². The molecule has 28 heavy (non-hydrogen) atoms. The standard InChI is InChI=1S/C22H44O5Si/c1-8-9-10-15(2)20(27-28(6,7)22(3,4)5)12-11-16-17(13-21(25)26)19(24)14-18(16)23/h15-20,23-24H,8-14H2,1-7H3,(H,25,26)/t15?,16-,17-,18-,19+,20?/m1/s1. The van der Waals surface area contributed by atoms with Crippen LogP contribution in [0.2, 0.25) is 18.1 Å². The van der Waals surface area contributed by atoms with Crippen molar-refractivity contribution in [1.29, 1.82) is 0 Å². The number of carboxylic acid groups (broad SMARTS) is 1. The van der Waals surface area contributed by atoms with Gasteiger partial charge in [-0.15, -0.1) is 0 Å². The number of carbonyl (C=O) groups is 1. The van der Waals surface area contributed by atoms with Crippen LogP contribution in [-0.4, -0.2) is 47.9 Å². The molecule has 5 nitrogen and oxygen atoms in total. The Kier molecular flexibility index (Phi) is 9.65. The lowest BCUT2D eigenvalue weighted by atomic mass is 9.84. The van der Waals surface area contributed by atoms with E-state index in [0.717, 1.165) is 19.3 Å². The molecule has 1 aliphatic rings. The summed E-state index contributed by atoms with van der Waals surface area (Å²) >= 11 is 0. The average Bonchev–Trinajstić information content (AvgIpc) is 2.81. The normalized spacial score (nSPS) is 28.3. The second-order valence-corrected chi connectivity index (χ2v) is 15.2. The minimum atomic E-state index is -1.93. The highest BCUT2D eigenvalue weighted by molar-refractivity contribution is 6.74. The number of rotatable bonds is 11. The van der Waals surface area contributed by atoms with Gasteiger partial charge in [-0.2, -0.15) is 0 Å². The lowest BCUT2D eigenvalue weighted by Gasteiger charge is -2.41. The lowest BCUT2D eigenvalue weighted by Crippen LogP contribution is -2.45. The van der Waals surface area contributed by atoms with Gasteiger partial charge >= 0.3 is 5.97 Å². The van der Waals surface area contributed by atoms with Crippen LogP contribution in [0.4, 0.5) is 0 Å². The van der Waals surface area contributed by atoms with Crippen LogP contribution < -0.4 is 0 Å². The summed E-state index contributed by atoms with van der Waals surface area (Å²) in [5.74, 6) is -1.02. The highest BCUT2D eigenvalue weighted by atomic mass is 28.4. The van der Waals surface area contributed by atoms with Gasteiger partial charge in [-0.05, 0) is 55.7 Å². The van der Waals surface area contributed by atoms with Gasteiger partial charge in [-0.1, -0.05) is 47.5 Å². The largest absolute Gasteiger partial charge is 0.481 e. The molecule has 0 aliphatic heterocycles. The van der Waals surface area contributed by atoms with Crippen LogP contribution in [-0.2, 0) is 9.22 Å². The third-order valence-corrected chi connectivity index (χ3v) is 11.6. The van der Waals surface area contributed by atoms with Crippen molar-refractivity contribution in [2.45, 2.75) is 116 Å². The molecule has 1 aliphatic carbocycles. The van der Waals surface area contributed by atoms with Crippen molar-refractivity contribution in [3.8, 4) is 0 Å². The van der Waals surface area contributed by atoms with Gasteiger partial charge in [-0.3, -0.25) is 4.79 Å². The van der Waals surface area contributed by atoms with Crippen molar-refractivity contribution >= 4 is 14.3 Å². The Balaban J connectivity index is 2.88. The molecule has 0 saturated heterocycles. The van der Waals surface area contributed by atoms with E-state index in [1.807, 2.05) is 0 Å². The van der Waals surface area contributed by atoms with Crippen molar-refractivity contribution in [3.05, 3.63) is 0 Å². The Morgan fingerprint density at radius 3 is 2.21 bits per heavy atom. The molecule has 1 fully saturated rings.